The van der Waals surface area contributed by atoms with E-state index < -0.39 is 0 Å². The molecule has 0 aliphatic heterocycles. The van der Waals surface area contributed by atoms with E-state index in [1.807, 2.05) is 0 Å². The Bertz CT molecular complexity index is 20.9. The van der Waals surface area contributed by atoms with E-state index in [0.717, 1.165) is 0 Å². The summed E-state index contributed by atoms with van der Waals surface area (Å²) in [5.74, 6) is 0. The van der Waals surface area contributed by atoms with Crippen molar-refractivity contribution >= 4 is 6.47 Å². The summed E-state index contributed by atoms with van der Waals surface area (Å²) in [5, 5.41) is 6.76. The molecule has 0 aromatic heterocycles. The molecule has 0 bridgehead atoms. The molecular formula is CH3O3Ti-. The molecule has 0 rings (SSSR count). The molecule has 0 fully saturated rings. The number of hydrogen-bond donors (Lipinski definition) is 1. The van der Waals surface area contributed by atoms with Gasteiger partial charge in [0.15, 0.2) is 0 Å². The Hall–Kier alpha value is -0.0157. The molecule has 0 saturated carbocycles. The summed E-state index contributed by atoms with van der Waals surface area (Å²) >= 11 is 0.125. The third-order valence-electron chi connectivity index (χ3n) is 0. The molecule has 0 unspecified atom stereocenters. The van der Waals surface area contributed by atoms with Crippen molar-refractivity contribution in [3.05, 3.63) is 0 Å². The molecule has 3 nitrogen and oxygen atoms in total. The third-order valence-corrected chi connectivity index (χ3v) is 0. The standard InChI is InChI=1S/CHO2.O.Ti.2H/c2-1-3;;;;/h(H,2,3);;;;/q-1;;;;. The Morgan fingerprint density at radius 3 is 1.60 bits per heavy atom. The van der Waals surface area contributed by atoms with Crippen LogP contribution in [0.3, 0.4) is 0 Å². The average molecular weight is 111 g/mol. The Morgan fingerprint density at radius 1 is 1.60 bits per heavy atom. The van der Waals surface area contributed by atoms with Gasteiger partial charge in [0.05, 0.1) is 0 Å². The molecule has 0 spiro atoms. The van der Waals surface area contributed by atoms with Gasteiger partial charge in [-0.2, -0.15) is 0 Å². The zero-order chi connectivity index (χ0) is 4.71. The molecule has 0 aliphatic carbocycles. The normalized spacial score (nSPS) is 3.20. The van der Waals surface area contributed by atoms with Crippen LogP contribution in [0.4, 0.5) is 0 Å². The molecule has 0 heterocycles. The van der Waals surface area contributed by atoms with Crippen molar-refractivity contribution in [3.8, 4) is 0 Å². The van der Waals surface area contributed by atoms with Gasteiger partial charge in [0, 0.05) is 0 Å². The first-order chi connectivity index (χ1) is 2.41. The quantitative estimate of drug-likeness (QED) is 0.320. The van der Waals surface area contributed by atoms with E-state index in [4.69, 9.17) is 13.2 Å². The number of aliphatic hydroxyl groups excluding tert-OH is 1. The van der Waals surface area contributed by atoms with Crippen LogP contribution in [0.15, 0.2) is 0 Å². The second-order valence-electron chi connectivity index (χ2n) is 0.0913. The molecule has 0 aliphatic rings. The van der Waals surface area contributed by atoms with Crippen LogP contribution in [-0.2, 0) is 28.5 Å². The third kappa shape index (κ3) is 63500. The van der Waals surface area contributed by atoms with Gasteiger partial charge >= 0.3 is 23.7 Å². The van der Waals surface area contributed by atoms with Gasteiger partial charge in [0.1, 0.15) is 0 Å². The van der Waals surface area contributed by atoms with Crippen LogP contribution >= 0.6 is 0 Å². The van der Waals surface area contributed by atoms with Crippen molar-refractivity contribution in [2.24, 2.45) is 0 Å². The summed E-state index contributed by atoms with van der Waals surface area (Å²) in [5.41, 5.74) is 0. The topological polar surface area (TPSA) is 54.4 Å². The number of hydrogen-bond acceptors (Lipinski definition) is 2. The van der Waals surface area contributed by atoms with Crippen LogP contribution in [0.2, 0.25) is 0 Å². The maximum absolute atomic E-state index is 8.38. The molecule has 4 heteroatoms. The van der Waals surface area contributed by atoms with Gasteiger partial charge < -0.3 is 9.90 Å². The SMILES string of the molecule is O=[C-]O.[O]=[TiH2]. The molecular weight excluding hydrogens is 108 g/mol. The predicted octanol–water partition coefficient (Wildman–Crippen LogP) is -1.05. The molecule has 0 aromatic carbocycles. The molecule has 0 saturated heterocycles. The first-order valence-corrected chi connectivity index (χ1v) is 1.62. The van der Waals surface area contributed by atoms with Gasteiger partial charge in [0.2, 0.25) is 0 Å². The van der Waals surface area contributed by atoms with E-state index in [2.05, 4.69) is 0 Å². The maximum atomic E-state index is 8.38. The fraction of sp³-hybridized carbons (Fsp3) is 0. The van der Waals surface area contributed by atoms with Gasteiger partial charge in [-0.15, -0.1) is 0 Å². The summed E-state index contributed by atoms with van der Waals surface area (Å²) in [6, 6.07) is 0. The van der Waals surface area contributed by atoms with E-state index in [-0.39, 0.29) is 20.4 Å². The number of rotatable bonds is 0. The second kappa shape index (κ2) is 36.6. The van der Waals surface area contributed by atoms with Gasteiger partial charge in [-0.05, 0) is 0 Å². The molecule has 1 N–H and O–H groups in total. The van der Waals surface area contributed by atoms with Crippen molar-refractivity contribution in [1.82, 2.24) is 0 Å². The molecule has 5 heavy (non-hydrogen) atoms. The Kier molecular flexibility index (Phi) is 65.1. The van der Waals surface area contributed by atoms with Crippen molar-refractivity contribution in [3.63, 3.8) is 0 Å². The van der Waals surface area contributed by atoms with Crippen LogP contribution in [0.1, 0.15) is 0 Å². The van der Waals surface area contributed by atoms with E-state index in [0.29, 0.717) is 6.47 Å². The molecule has 0 radical (unpaired) electrons. The fourth-order valence-corrected chi connectivity index (χ4v) is 0. The summed E-state index contributed by atoms with van der Waals surface area (Å²) in [7, 11) is 0. The molecule has 30 valence electrons. The minimum atomic E-state index is 0.125. The second-order valence-corrected chi connectivity index (χ2v) is 0.0913. The van der Waals surface area contributed by atoms with Crippen molar-refractivity contribution in [2.45, 2.75) is 0 Å². The van der Waals surface area contributed by atoms with Crippen LogP contribution in [0.25, 0.3) is 0 Å². The average Bonchev–Trinajstić information content (AvgIpc) is 1.46. The Morgan fingerprint density at radius 2 is 1.60 bits per heavy atom. The molecule has 0 aromatic rings. The summed E-state index contributed by atoms with van der Waals surface area (Å²) in [4.78, 5) is 8.24. The van der Waals surface area contributed by atoms with E-state index >= 15 is 0 Å². The molecule has 0 amide bonds. The fourth-order valence-electron chi connectivity index (χ4n) is 0. The summed E-state index contributed by atoms with van der Waals surface area (Å²) in [6.07, 6.45) is 0. The van der Waals surface area contributed by atoms with E-state index in [9.17, 15) is 0 Å². The van der Waals surface area contributed by atoms with Crippen molar-refractivity contribution in [1.29, 1.82) is 0 Å². The van der Waals surface area contributed by atoms with Crippen LogP contribution in [0.5, 0.6) is 0 Å². The zero-order valence-corrected chi connectivity index (χ0v) is 4.68. The van der Waals surface area contributed by atoms with Crippen LogP contribution < -0.4 is 0 Å². The van der Waals surface area contributed by atoms with E-state index in [1.54, 1.807) is 0 Å². The van der Waals surface area contributed by atoms with Gasteiger partial charge in [0.25, 0.3) is 0 Å². The van der Waals surface area contributed by atoms with Gasteiger partial charge in [-0.25, -0.2) is 0 Å². The monoisotopic (exact) mass is 111 g/mol. The minimum absolute atomic E-state index is 0.125. The summed E-state index contributed by atoms with van der Waals surface area (Å²) in [6.45, 7) is 0.500. The summed E-state index contributed by atoms with van der Waals surface area (Å²) < 4.78 is 8.38. The van der Waals surface area contributed by atoms with Gasteiger partial charge in [-0.1, -0.05) is 6.47 Å². The van der Waals surface area contributed by atoms with Crippen LogP contribution in [-0.4, -0.2) is 11.6 Å². The van der Waals surface area contributed by atoms with Crippen molar-refractivity contribution < 1.29 is 33.6 Å². The predicted molar refractivity (Wildman–Crippen MR) is 11.8 cm³/mol. The van der Waals surface area contributed by atoms with E-state index in [1.165, 1.54) is 0 Å². The zero-order valence-electron chi connectivity index (χ0n) is 2.47. The Labute approximate surface area is 40.7 Å². The van der Waals surface area contributed by atoms with Gasteiger partial charge in [-0.3, -0.25) is 0 Å². The van der Waals surface area contributed by atoms with Crippen molar-refractivity contribution in [2.75, 3.05) is 0 Å². The first-order valence-electron chi connectivity index (χ1n) is 0.716. The van der Waals surface area contributed by atoms with Crippen LogP contribution in [0, 0.1) is 0 Å². The first kappa shape index (κ1) is 8.88. The molecule has 0 atom stereocenters. The Balaban J connectivity index is 0.